The first kappa shape index (κ1) is 12.1. The fourth-order valence-electron chi connectivity index (χ4n) is 2.43. The van der Waals surface area contributed by atoms with Crippen LogP contribution in [0.4, 0.5) is 0 Å². The molecule has 0 saturated carbocycles. The summed E-state index contributed by atoms with van der Waals surface area (Å²) in [7, 11) is 1.46. The SMILES string of the molecule is CCc1ccc([C@@H]2CNC[C@H]2C(=O)OC)cc1. The number of hydrogen-bond acceptors (Lipinski definition) is 3. The Hall–Kier alpha value is -1.35. The Bertz CT molecular complexity index is 386. The largest absolute Gasteiger partial charge is 0.469 e. The van der Waals surface area contributed by atoms with Gasteiger partial charge in [0, 0.05) is 19.0 Å². The number of carbonyl (C=O) groups excluding carboxylic acids is 1. The third-order valence-corrected chi connectivity index (χ3v) is 3.53. The number of aryl methyl sites for hydroxylation is 1. The van der Waals surface area contributed by atoms with Gasteiger partial charge in [-0.25, -0.2) is 0 Å². The maximum Gasteiger partial charge on any atom is 0.310 e. The summed E-state index contributed by atoms with van der Waals surface area (Å²) in [5.41, 5.74) is 2.55. The summed E-state index contributed by atoms with van der Waals surface area (Å²) >= 11 is 0. The quantitative estimate of drug-likeness (QED) is 0.808. The van der Waals surface area contributed by atoms with Gasteiger partial charge < -0.3 is 10.1 Å². The molecule has 0 unspecified atom stereocenters. The van der Waals surface area contributed by atoms with Gasteiger partial charge in [0.25, 0.3) is 0 Å². The molecule has 1 saturated heterocycles. The molecule has 0 spiro atoms. The Labute approximate surface area is 102 Å². The molecule has 1 aliphatic heterocycles. The average molecular weight is 233 g/mol. The molecule has 1 aromatic rings. The summed E-state index contributed by atoms with van der Waals surface area (Å²) in [4.78, 5) is 11.7. The van der Waals surface area contributed by atoms with Gasteiger partial charge in [0.1, 0.15) is 0 Å². The number of esters is 1. The summed E-state index contributed by atoms with van der Waals surface area (Å²) in [6, 6.07) is 8.54. The van der Waals surface area contributed by atoms with Gasteiger partial charge in [0.15, 0.2) is 0 Å². The highest BCUT2D eigenvalue weighted by molar-refractivity contribution is 5.74. The highest BCUT2D eigenvalue weighted by Gasteiger charge is 2.34. The number of ether oxygens (including phenoxy) is 1. The molecule has 0 aliphatic carbocycles. The number of carbonyl (C=O) groups is 1. The van der Waals surface area contributed by atoms with Crippen LogP contribution in [0.5, 0.6) is 0 Å². The van der Waals surface area contributed by atoms with Crippen LogP contribution in [0.2, 0.25) is 0 Å². The number of methoxy groups -OCH3 is 1. The van der Waals surface area contributed by atoms with Gasteiger partial charge in [0.05, 0.1) is 13.0 Å². The van der Waals surface area contributed by atoms with E-state index >= 15 is 0 Å². The average Bonchev–Trinajstić information content (AvgIpc) is 2.87. The summed E-state index contributed by atoms with van der Waals surface area (Å²) in [5, 5.41) is 3.26. The van der Waals surface area contributed by atoms with Crippen LogP contribution >= 0.6 is 0 Å². The first-order valence-electron chi connectivity index (χ1n) is 6.13. The van der Waals surface area contributed by atoms with Crippen molar-refractivity contribution < 1.29 is 9.53 Å². The summed E-state index contributed by atoms with van der Waals surface area (Å²) in [6.45, 7) is 3.71. The van der Waals surface area contributed by atoms with Gasteiger partial charge in [-0.1, -0.05) is 31.2 Å². The lowest BCUT2D eigenvalue weighted by Crippen LogP contribution is -2.22. The molecule has 2 rings (SSSR count). The van der Waals surface area contributed by atoms with Crippen LogP contribution in [0.3, 0.4) is 0 Å². The van der Waals surface area contributed by atoms with Crippen LogP contribution in [0.25, 0.3) is 0 Å². The molecule has 1 heterocycles. The van der Waals surface area contributed by atoms with E-state index in [1.165, 1.54) is 18.2 Å². The Morgan fingerprint density at radius 1 is 1.35 bits per heavy atom. The molecule has 92 valence electrons. The van der Waals surface area contributed by atoms with Gasteiger partial charge in [-0.15, -0.1) is 0 Å². The molecule has 3 nitrogen and oxygen atoms in total. The number of rotatable bonds is 3. The van der Waals surface area contributed by atoms with E-state index in [0.717, 1.165) is 13.0 Å². The molecule has 1 fully saturated rings. The van der Waals surface area contributed by atoms with Gasteiger partial charge in [-0.05, 0) is 17.5 Å². The van der Waals surface area contributed by atoms with Crippen molar-refractivity contribution >= 4 is 5.97 Å². The van der Waals surface area contributed by atoms with E-state index in [9.17, 15) is 4.79 Å². The van der Waals surface area contributed by atoms with Crippen molar-refractivity contribution in [2.75, 3.05) is 20.2 Å². The molecule has 0 aromatic heterocycles. The molecule has 17 heavy (non-hydrogen) atoms. The lowest BCUT2D eigenvalue weighted by Gasteiger charge is -2.16. The Kier molecular flexibility index (Phi) is 3.79. The Balaban J connectivity index is 2.17. The molecule has 3 heteroatoms. The van der Waals surface area contributed by atoms with Crippen LogP contribution in [-0.4, -0.2) is 26.2 Å². The minimum atomic E-state index is -0.112. The zero-order valence-corrected chi connectivity index (χ0v) is 10.4. The molecule has 1 N–H and O–H groups in total. The van der Waals surface area contributed by atoms with Gasteiger partial charge in [0.2, 0.25) is 0 Å². The molecule has 0 bridgehead atoms. The maximum atomic E-state index is 11.7. The maximum absolute atomic E-state index is 11.7. The topological polar surface area (TPSA) is 38.3 Å². The lowest BCUT2D eigenvalue weighted by atomic mass is 9.88. The van der Waals surface area contributed by atoms with Crippen LogP contribution in [-0.2, 0) is 16.0 Å². The Morgan fingerprint density at radius 3 is 2.65 bits per heavy atom. The fraction of sp³-hybridized carbons (Fsp3) is 0.500. The predicted octanol–water partition coefficient (Wildman–Crippen LogP) is 1.72. The van der Waals surface area contributed by atoms with Crippen LogP contribution in [0, 0.1) is 5.92 Å². The minimum absolute atomic E-state index is 0.0486. The van der Waals surface area contributed by atoms with Crippen LogP contribution in [0.15, 0.2) is 24.3 Å². The second-order valence-corrected chi connectivity index (χ2v) is 4.49. The van der Waals surface area contributed by atoms with Crippen LogP contribution < -0.4 is 5.32 Å². The Morgan fingerprint density at radius 2 is 2.06 bits per heavy atom. The second-order valence-electron chi connectivity index (χ2n) is 4.49. The normalized spacial score (nSPS) is 23.6. The van der Waals surface area contributed by atoms with Gasteiger partial charge in [-0.2, -0.15) is 0 Å². The van der Waals surface area contributed by atoms with Crippen LogP contribution in [0.1, 0.15) is 24.0 Å². The van der Waals surface area contributed by atoms with Crippen molar-refractivity contribution in [1.29, 1.82) is 0 Å². The third-order valence-electron chi connectivity index (χ3n) is 3.53. The molecule has 2 atom stereocenters. The van der Waals surface area contributed by atoms with E-state index in [1.807, 2.05) is 0 Å². The molecule has 0 amide bonds. The fourth-order valence-corrected chi connectivity index (χ4v) is 2.43. The molecular weight excluding hydrogens is 214 g/mol. The molecule has 1 aliphatic rings. The molecule has 0 radical (unpaired) electrons. The smallest absolute Gasteiger partial charge is 0.310 e. The molecular formula is C14H19NO2. The van der Waals surface area contributed by atoms with Crippen molar-refractivity contribution in [2.24, 2.45) is 5.92 Å². The van der Waals surface area contributed by atoms with E-state index < -0.39 is 0 Å². The summed E-state index contributed by atoms with van der Waals surface area (Å²) in [6.07, 6.45) is 1.05. The monoisotopic (exact) mass is 233 g/mol. The standard InChI is InChI=1S/C14H19NO2/c1-3-10-4-6-11(7-5-10)12-8-15-9-13(12)14(16)17-2/h4-7,12-13,15H,3,8-9H2,1-2H3/t12-,13+/m0/s1. The predicted molar refractivity (Wildman–Crippen MR) is 66.9 cm³/mol. The molecule has 1 aromatic carbocycles. The van der Waals surface area contributed by atoms with Crippen molar-refractivity contribution in [1.82, 2.24) is 5.32 Å². The highest BCUT2D eigenvalue weighted by atomic mass is 16.5. The van der Waals surface area contributed by atoms with Crippen molar-refractivity contribution in [3.05, 3.63) is 35.4 Å². The van der Waals surface area contributed by atoms with Crippen molar-refractivity contribution in [2.45, 2.75) is 19.3 Å². The van der Waals surface area contributed by atoms with E-state index in [4.69, 9.17) is 4.74 Å². The third kappa shape index (κ3) is 2.50. The minimum Gasteiger partial charge on any atom is -0.469 e. The number of nitrogens with one attached hydrogen (secondary N) is 1. The number of benzene rings is 1. The summed E-state index contributed by atoms with van der Waals surface area (Å²) in [5.74, 6) is 0.0837. The van der Waals surface area contributed by atoms with E-state index in [-0.39, 0.29) is 17.8 Å². The number of hydrogen-bond donors (Lipinski definition) is 1. The highest BCUT2D eigenvalue weighted by Crippen LogP contribution is 2.29. The van der Waals surface area contributed by atoms with E-state index in [2.05, 4.69) is 36.5 Å². The van der Waals surface area contributed by atoms with Gasteiger partial charge in [-0.3, -0.25) is 4.79 Å². The second kappa shape index (κ2) is 5.32. The van der Waals surface area contributed by atoms with E-state index in [0.29, 0.717) is 6.54 Å². The first-order valence-corrected chi connectivity index (χ1v) is 6.13. The zero-order chi connectivity index (χ0) is 12.3. The van der Waals surface area contributed by atoms with Crippen molar-refractivity contribution in [3.63, 3.8) is 0 Å². The summed E-state index contributed by atoms with van der Waals surface area (Å²) < 4.78 is 4.85. The lowest BCUT2D eigenvalue weighted by molar-refractivity contribution is -0.145. The first-order chi connectivity index (χ1) is 8.26. The zero-order valence-electron chi connectivity index (χ0n) is 10.4. The van der Waals surface area contributed by atoms with Crippen molar-refractivity contribution in [3.8, 4) is 0 Å². The van der Waals surface area contributed by atoms with E-state index in [1.54, 1.807) is 0 Å². The van der Waals surface area contributed by atoms with Gasteiger partial charge >= 0.3 is 5.97 Å².